The Bertz CT molecular complexity index is 578. The first kappa shape index (κ1) is 12.8. The van der Waals surface area contributed by atoms with Gasteiger partial charge in [0.25, 0.3) is 0 Å². The summed E-state index contributed by atoms with van der Waals surface area (Å²) in [5, 5.41) is 6.77. The zero-order valence-electron chi connectivity index (χ0n) is 11.4. The van der Waals surface area contributed by atoms with E-state index in [1.54, 1.807) is 19.3 Å². The molecule has 1 N–H and O–H groups in total. The van der Waals surface area contributed by atoms with Crippen LogP contribution in [0.4, 0.5) is 0 Å². The summed E-state index contributed by atoms with van der Waals surface area (Å²) >= 11 is 0. The first-order valence-corrected chi connectivity index (χ1v) is 6.78. The maximum absolute atomic E-state index is 11.3. The van der Waals surface area contributed by atoms with Crippen LogP contribution in [-0.2, 0) is 11.2 Å². The van der Waals surface area contributed by atoms with Gasteiger partial charge in [-0.15, -0.1) is 0 Å². The van der Waals surface area contributed by atoms with Crippen molar-refractivity contribution < 1.29 is 4.79 Å². The molecule has 1 amide bonds. The molecule has 2 aromatic rings. The molecule has 6 heteroatoms. The fourth-order valence-electron chi connectivity index (χ4n) is 2.58. The van der Waals surface area contributed by atoms with Crippen molar-refractivity contribution in [2.45, 2.75) is 19.8 Å². The molecule has 3 rings (SSSR count). The molecule has 1 aliphatic rings. The standard InChI is InChI=1S/C14H17N5O/c1-10(20)19-5-3-11(9-19)6-12-7-16-14(8-15-12)13-2-4-17-18-13/h2,4,7-8,11H,3,5-6,9H2,1H3,(H,17,18)/t11-/m1/s1. The summed E-state index contributed by atoms with van der Waals surface area (Å²) in [4.78, 5) is 22.1. The molecular weight excluding hydrogens is 254 g/mol. The lowest BCUT2D eigenvalue weighted by Gasteiger charge is -2.13. The molecule has 2 aromatic heterocycles. The van der Waals surface area contributed by atoms with E-state index in [1.807, 2.05) is 17.2 Å². The third-order valence-electron chi connectivity index (χ3n) is 3.71. The summed E-state index contributed by atoms with van der Waals surface area (Å²) in [5.41, 5.74) is 2.64. The van der Waals surface area contributed by atoms with Gasteiger partial charge in [-0.25, -0.2) is 0 Å². The number of aromatic amines is 1. The maximum atomic E-state index is 11.3. The van der Waals surface area contributed by atoms with Gasteiger partial charge in [-0.3, -0.25) is 19.9 Å². The fourth-order valence-corrected chi connectivity index (χ4v) is 2.58. The van der Waals surface area contributed by atoms with Gasteiger partial charge in [0.2, 0.25) is 5.91 Å². The van der Waals surface area contributed by atoms with E-state index in [9.17, 15) is 4.79 Å². The molecule has 1 aliphatic heterocycles. The van der Waals surface area contributed by atoms with Gasteiger partial charge in [0.15, 0.2) is 0 Å². The van der Waals surface area contributed by atoms with E-state index in [0.29, 0.717) is 5.92 Å². The van der Waals surface area contributed by atoms with Crippen LogP contribution in [0.2, 0.25) is 0 Å². The third kappa shape index (κ3) is 2.68. The Morgan fingerprint density at radius 1 is 1.45 bits per heavy atom. The number of likely N-dealkylation sites (tertiary alicyclic amines) is 1. The van der Waals surface area contributed by atoms with Crippen molar-refractivity contribution in [1.29, 1.82) is 0 Å². The smallest absolute Gasteiger partial charge is 0.219 e. The van der Waals surface area contributed by atoms with Crippen LogP contribution in [0.25, 0.3) is 11.4 Å². The predicted molar refractivity (Wildman–Crippen MR) is 73.7 cm³/mol. The highest BCUT2D eigenvalue weighted by Crippen LogP contribution is 2.20. The highest BCUT2D eigenvalue weighted by Gasteiger charge is 2.24. The van der Waals surface area contributed by atoms with Gasteiger partial charge in [0.05, 0.1) is 17.6 Å². The van der Waals surface area contributed by atoms with Crippen molar-refractivity contribution in [3.63, 3.8) is 0 Å². The summed E-state index contributed by atoms with van der Waals surface area (Å²) < 4.78 is 0. The molecule has 1 saturated heterocycles. The zero-order chi connectivity index (χ0) is 13.9. The Hall–Kier alpha value is -2.24. The highest BCUT2D eigenvalue weighted by molar-refractivity contribution is 5.73. The summed E-state index contributed by atoms with van der Waals surface area (Å²) in [7, 11) is 0. The van der Waals surface area contributed by atoms with Crippen molar-refractivity contribution in [1.82, 2.24) is 25.1 Å². The highest BCUT2D eigenvalue weighted by atomic mass is 16.2. The monoisotopic (exact) mass is 271 g/mol. The molecule has 0 spiro atoms. The van der Waals surface area contributed by atoms with Gasteiger partial charge in [0.1, 0.15) is 5.69 Å². The second kappa shape index (κ2) is 5.40. The summed E-state index contributed by atoms with van der Waals surface area (Å²) in [6.45, 7) is 3.32. The van der Waals surface area contributed by atoms with E-state index >= 15 is 0 Å². The molecule has 3 heterocycles. The second-order valence-electron chi connectivity index (χ2n) is 5.19. The van der Waals surface area contributed by atoms with Gasteiger partial charge < -0.3 is 4.90 Å². The fraction of sp³-hybridized carbons (Fsp3) is 0.429. The SMILES string of the molecule is CC(=O)N1CC[C@H](Cc2cnc(-c3ccn[nH]3)cn2)C1. The number of hydrogen-bond acceptors (Lipinski definition) is 4. The molecule has 0 bridgehead atoms. The van der Waals surface area contributed by atoms with Gasteiger partial charge in [-0.2, -0.15) is 5.10 Å². The Balaban J connectivity index is 1.63. The number of nitrogens with one attached hydrogen (secondary N) is 1. The van der Waals surface area contributed by atoms with E-state index in [-0.39, 0.29) is 5.91 Å². The van der Waals surface area contributed by atoms with Crippen molar-refractivity contribution in [3.05, 3.63) is 30.4 Å². The average molecular weight is 271 g/mol. The Morgan fingerprint density at radius 2 is 2.35 bits per heavy atom. The van der Waals surface area contributed by atoms with Crippen molar-refractivity contribution in [2.24, 2.45) is 5.92 Å². The van der Waals surface area contributed by atoms with Gasteiger partial charge in [0, 0.05) is 32.4 Å². The second-order valence-corrected chi connectivity index (χ2v) is 5.19. The van der Waals surface area contributed by atoms with Crippen LogP contribution in [0.15, 0.2) is 24.7 Å². The molecule has 0 radical (unpaired) electrons. The van der Waals surface area contributed by atoms with Crippen LogP contribution < -0.4 is 0 Å². The van der Waals surface area contributed by atoms with E-state index in [0.717, 1.165) is 43.0 Å². The van der Waals surface area contributed by atoms with Crippen molar-refractivity contribution in [2.75, 3.05) is 13.1 Å². The number of amides is 1. The lowest BCUT2D eigenvalue weighted by atomic mass is 10.0. The van der Waals surface area contributed by atoms with Crippen molar-refractivity contribution >= 4 is 5.91 Å². The predicted octanol–water partition coefficient (Wildman–Crippen LogP) is 1.28. The van der Waals surface area contributed by atoms with Crippen LogP contribution in [-0.4, -0.2) is 44.1 Å². The van der Waals surface area contributed by atoms with Crippen LogP contribution in [0.5, 0.6) is 0 Å². The molecule has 20 heavy (non-hydrogen) atoms. The molecule has 0 saturated carbocycles. The number of rotatable bonds is 3. The van der Waals surface area contributed by atoms with E-state index in [1.165, 1.54) is 0 Å². The quantitative estimate of drug-likeness (QED) is 0.912. The topological polar surface area (TPSA) is 74.8 Å². The van der Waals surface area contributed by atoms with E-state index in [2.05, 4.69) is 20.2 Å². The van der Waals surface area contributed by atoms with E-state index < -0.39 is 0 Å². The molecule has 0 aromatic carbocycles. The molecule has 104 valence electrons. The minimum atomic E-state index is 0.160. The third-order valence-corrected chi connectivity index (χ3v) is 3.71. The molecule has 0 unspecified atom stereocenters. The number of carbonyl (C=O) groups excluding carboxylic acids is 1. The largest absolute Gasteiger partial charge is 0.343 e. The summed E-state index contributed by atoms with van der Waals surface area (Å²) in [6, 6.07) is 1.87. The minimum absolute atomic E-state index is 0.160. The Labute approximate surface area is 117 Å². The summed E-state index contributed by atoms with van der Waals surface area (Å²) in [6.07, 6.45) is 7.19. The molecule has 0 aliphatic carbocycles. The molecule has 1 atom stereocenters. The number of H-pyrrole nitrogens is 1. The summed E-state index contributed by atoms with van der Waals surface area (Å²) in [5.74, 6) is 0.652. The van der Waals surface area contributed by atoms with Gasteiger partial charge in [-0.05, 0) is 24.8 Å². The number of nitrogens with zero attached hydrogens (tertiary/aromatic N) is 4. The van der Waals surface area contributed by atoms with Crippen LogP contribution in [0, 0.1) is 5.92 Å². The molecule has 1 fully saturated rings. The number of hydrogen-bond donors (Lipinski definition) is 1. The number of carbonyl (C=O) groups is 1. The Morgan fingerprint density at radius 3 is 2.95 bits per heavy atom. The first-order chi connectivity index (χ1) is 9.72. The molecule has 6 nitrogen and oxygen atoms in total. The van der Waals surface area contributed by atoms with Crippen LogP contribution in [0.3, 0.4) is 0 Å². The van der Waals surface area contributed by atoms with Gasteiger partial charge in [-0.1, -0.05) is 0 Å². The lowest BCUT2D eigenvalue weighted by Crippen LogP contribution is -2.26. The normalized spacial score (nSPS) is 18.4. The number of aromatic nitrogens is 4. The average Bonchev–Trinajstić information content (AvgIpc) is 3.10. The van der Waals surface area contributed by atoms with Gasteiger partial charge >= 0.3 is 0 Å². The van der Waals surface area contributed by atoms with Crippen LogP contribution in [0.1, 0.15) is 19.0 Å². The van der Waals surface area contributed by atoms with Crippen molar-refractivity contribution in [3.8, 4) is 11.4 Å². The maximum Gasteiger partial charge on any atom is 0.219 e. The van der Waals surface area contributed by atoms with Crippen LogP contribution >= 0.6 is 0 Å². The van der Waals surface area contributed by atoms with E-state index in [4.69, 9.17) is 0 Å². The first-order valence-electron chi connectivity index (χ1n) is 6.78. The minimum Gasteiger partial charge on any atom is -0.343 e. The Kier molecular flexibility index (Phi) is 3.45. The molecular formula is C14H17N5O. The zero-order valence-corrected chi connectivity index (χ0v) is 11.4. The lowest BCUT2D eigenvalue weighted by molar-refractivity contribution is -0.127.